The minimum absolute atomic E-state index is 0.204. The van der Waals surface area contributed by atoms with E-state index in [0.29, 0.717) is 32.4 Å². The van der Waals surface area contributed by atoms with Gasteiger partial charge in [-0.1, -0.05) is 47.0 Å². The fraction of sp³-hybridized carbons (Fsp3) is 0.111. The summed E-state index contributed by atoms with van der Waals surface area (Å²) in [5.41, 5.74) is 2.57. The highest BCUT2D eigenvalue weighted by Crippen LogP contribution is 2.25. The number of carbonyl (C=O) groups excluding carboxylic acids is 1. The maximum Gasteiger partial charge on any atom is 0.256 e. The highest BCUT2D eigenvalue weighted by molar-refractivity contribution is 9.10. The number of aromatic nitrogens is 2. The van der Waals surface area contributed by atoms with Gasteiger partial charge in [0.15, 0.2) is 5.82 Å². The minimum Gasteiger partial charge on any atom is -0.304 e. The second-order valence-corrected chi connectivity index (χ2v) is 7.26. The first-order valence-corrected chi connectivity index (χ1v) is 9.02. The van der Waals surface area contributed by atoms with Crippen molar-refractivity contribution in [3.8, 4) is 0 Å². The third-order valence-corrected chi connectivity index (χ3v) is 4.88. The van der Waals surface area contributed by atoms with Crippen LogP contribution in [-0.2, 0) is 6.54 Å². The molecule has 0 fully saturated rings. The molecule has 3 rings (SSSR count). The number of benzene rings is 2. The van der Waals surface area contributed by atoms with Crippen LogP contribution in [0, 0.1) is 6.92 Å². The van der Waals surface area contributed by atoms with Gasteiger partial charge in [0.05, 0.1) is 21.1 Å². The highest BCUT2D eigenvalue weighted by atomic mass is 79.9. The maximum absolute atomic E-state index is 12.4. The smallest absolute Gasteiger partial charge is 0.256 e. The largest absolute Gasteiger partial charge is 0.304 e. The molecule has 0 bridgehead atoms. The lowest BCUT2D eigenvalue weighted by Gasteiger charge is -2.05. The molecular weight excluding hydrogens is 425 g/mol. The Kier molecular flexibility index (Phi) is 5.47. The fourth-order valence-electron chi connectivity index (χ4n) is 2.35. The first kappa shape index (κ1) is 18.0. The van der Waals surface area contributed by atoms with Crippen molar-refractivity contribution in [3.05, 3.63) is 79.9 Å². The Hall–Kier alpha value is -1.82. The molecule has 128 valence electrons. The van der Waals surface area contributed by atoms with Crippen molar-refractivity contribution >= 4 is 50.9 Å². The SMILES string of the molecule is Cc1cccc(C(=O)Nc2nn(Cc3ccc(Cl)c(Cl)c3)cc2Br)c1. The van der Waals surface area contributed by atoms with Crippen LogP contribution in [0.3, 0.4) is 0 Å². The molecule has 0 saturated carbocycles. The first-order chi connectivity index (χ1) is 11.9. The summed E-state index contributed by atoms with van der Waals surface area (Å²) in [7, 11) is 0. The van der Waals surface area contributed by atoms with Crippen LogP contribution in [0.2, 0.25) is 10.0 Å². The number of hydrogen-bond acceptors (Lipinski definition) is 2. The predicted octanol–water partition coefficient (Wildman–Crippen LogP) is 5.56. The molecule has 2 aromatic carbocycles. The van der Waals surface area contributed by atoms with Gasteiger partial charge in [-0.2, -0.15) is 5.10 Å². The van der Waals surface area contributed by atoms with Crippen molar-refractivity contribution in [1.29, 1.82) is 0 Å². The zero-order valence-corrected chi connectivity index (χ0v) is 16.4. The quantitative estimate of drug-likeness (QED) is 0.579. The molecule has 1 heterocycles. The van der Waals surface area contributed by atoms with Crippen LogP contribution < -0.4 is 5.32 Å². The Morgan fingerprint density at radius 2 is 2.00 bits per heavy atom. The van der Waals surface area contributed by atoms with Crippen molar-refractivity contribution in [2.24, 2.45) is 0 Å². The molecule has 0 saturated heterocycles. The number of halogens is 3. The van der Waals surface area contributed by atoms with E-state index < -0.39 is 0 Å². The molecule has 0 spiro atoms. The maximum atomic E-state index is 12.4. The highest BCUT2D eigenvalue weighted by Gasteiger charge is 2.12. The molecule has 4 nitrogen and oxygen atoms in total. The van der Waals surface area contributed by atoms with Gasteiger partial charge >= 0.3 is 0 Å². The zero-order chi connectivity index (χ0) is 18.0. The Bertz CT molecular complexity index is 940. The number of carbonyl (C=O) groups is 1. The van der Waals surface area contributed by atoms with E-state index in [2.05, 4.69) is 26.3 Å². The molecule has 3 aromatic rings. The van der Waals surface area contributed by atoms with E-state index >= 15 is 0 Å². The predicted molar refractivity (Wildman–Crippen MR) is 105 cm³/mol. The molecule has 0 aliphatic heterocycles. The van der Waals surface area contributed by atoms with Crippen LogP contribution in [0.5, 0.6) is 0 Å². The van der Waals surface area contributed by atoms with Crippen LogP contribution in [0.25, 0.3) is 0 Å². The third-order valence-electron chi connectivity index (χ3n) is 3.56. The average molecular weight is 439 g/mol. The third kappa shape index (κ3) is 4.42. The lowest BCUT2D eigenvalue weighted by atomic mass is 10.1. The Labute approximate surface area is 163 Å². The van der Waals surface area contributed by atoms with E-state index in [9.17, 15) is 4.79 Å². The van der Waals surface area contributed by atoms with E-state index in [1.807, 2.05) is 31.2 Å². The Morgan fingerprint density at radius 1 is 1.20 bits per heavy atom. The normalized spacial score (nSPS) is 10.7. The van der Waals surface area contributed by atoms with E-state index in [1.54, 1.807) is 29.1 Å². The number of anilines is 1. The van der Waals surface area contributed by atoms with Crippen molar-refractivity contribution in [1.82, 2.24) is 9.78 Å². The van der Waals surface area contributed by atoms with Gasteiger partial charge in [0, 0.05) is 11.8 Å². The molecule has 0 atom stereocenters. The Morgan fingerprint density at radius 3 is 2.72 bits per heavy atom. The van der Waals surface area contributed by atoms with Crippen LogP contribution in [0.15, 0.2) is 53.1 Å². The van der Waals surface area contributed by atoms with Gasteiger partial charge in [0.1, 0.15) is 0 Å². The van der Waals surface area contributed by atoms with Crippen molar-refractivity contribution in [2.45, 2.75) is 13.5 Å². The monoisotopic (exact) mass is 437 g/mol. The van der Waals surface area contributed by atoms with Crippen LogP contribution in [0.4, 0.5) is 5.82 Å². The van der Waals surface area contributed by atoms with Gasteiger partial charge in [-0.25, -0.2) is 0 Å². The number of aryl methyl sites for hydroxylation is 1. The van der Waals surface area contributed by atoms with Gasteiger partial charge < -0.3 is 5.32 Å². The van der Waals surface area contributed by atoms with E-state index in [4.69, 9.17) is 23.2 Å². The number of nitrogens with zero attached hydrogens (tertiary/aromatic N) is 2. The fourth-order valence-corrected chi connectivity index (χ4v) is 3.09. The number of nitrogens with one attached hydrogen (secondary N) is 1. The van der Waals surface area contributed by atoms with Crippen molar-refractivity contribution in [3.63, 3.8) is 0 Å². The van der Waals surface area contributed by atoms with Crippen LogP contribution >= 0.6 is 39.1 Å². The minimum atomic E-state index is -0.204. The molecule has 25 heavy (non-hydrogen) atoms. The topological polar surface area (TPSA) is 46.9 Å². The first-order valence-electron chi connectivity index (χ1n) is 7.47. The summed E-state index contributed by atoms with van der Waals surface area (Å²) >= 11 is 15.4. The molecule has 0 unspecified atom stereocenters. The average Bonchev–Trinajstić information content (AvgIpc) is 2.90. The summed E-state index contributed by atoms with van der Waals surface area (Å²) in [6.07, 6.45) is 1.80. The molecular formula is C18H14BrCl2N3O. The zero-order valence-electron chi connectivity index (χ0n) is 13.3. The van der Waals surface area contributed by atoms with Gasteiger partial charge in [-0.05, 0) is 52.7 Å². The summed E-state index contributed by atoms with van der Waals surface area (Å²) in [6.45, 7) is 2.45. The van der Waals surface area contributed by atoms with Crippen molar-refractivity contribution < 1.29 is 4.79 Å². The number of rotatable bonds is 4. The summed E-state index contributed by atoms with van der Waals surface area (Å²) in [5.74, 6) is 0.260. The molecule has 7 heteroatoms. The number of hydrogen-bond donors (Lipinski definition) is 1. The van der Waals surface area contributed by atoms with Gasteiger partial charge in [-0.15, -0.1) is 0 Å². The van der Waals surface area contributed by atoms with Crippen LogP contribution in [-0.4, -0.2) is 15.7 Å². The molecule has 0 aliphatic carbocycles. The van der Waals surface area contributed by atoms with Crippen LogP contribution in [0.1, 0.15) is 21.5 Å². The summed E-state index contributed by atoms with van der Waals surface area (Å²) in [6, 6.07) is 12.8. The summed E-state index contributed by atoms with van der Waals surface area (Å²) in [5, 5.41) is 8.23. The standard InChI is InChI=1S/C18H14BrCl2N3O/c1-11-3-2-4-13(7-11)18(25)22-17-14(19)10-24(23-17)9-12-5-6-15(20)16(21)8-12/h2-8,10H,9H2,1H3,(H,22,23,25). The Balaban J connectivity index is 1.76. The second kappa shape index (κ2) is 7.60. The van der Waals surface area contributed by atoms with E-state index in [0.717, 1.165) is 11.1 Å². The van der Waals surface area contributed by atoms with Crippen molar-refractivity contribution in [2.75, 3.05) is 5.32 Å². The molecule has 1 N–H and O–H groups in total. The molecule has 1 aromatic heterocycles. The summed E-state index contributed by atoms with van der Waals surface area (Å²) in [4.78, 5) is 12.4. The number of amides is 1. The van der Waals surface area contributed by atoms with Gasteiger partial charge in [-0.3, -0.25) is 9.48 Å². The lowest BCUT2D eigenvalue weighted by molar-refractivity contribution is 0.102. The molecule has 1 amide bonds. The van der Waals surface area contributed by atoms with E-state index in [1.165, 1.54) is 0 Å². The lowest BCUT2D eigenvalue weighted by Crippen LogP contribution is -2.13. The van der Waals surface area contributed by atoms with E-state index in [-0.39, 0.29) is 5.91 Å². The summed E-state index contributed by atoms with van der Waals surface area (Å²) < 4.78 is 2.42. The molecule has 0 radical (unpaired) electrons. The second-order valence-electron chi connectivity index (χ2n) is 5.60. The molecule has 0 aliphatic rings. The van der Waals surface area contributed by atoms with Gasteiger partial charge in [0.2, 0.25) is 0 Å². The van der Waals surface area contributed by atoms with Gasteiger partial charge in [0.25, 0.3) is 5.91 Å².